The molecule has 6 heteroatoms. The van der Waals surface area contributed by atoms with Crippen LogP contribution in [0.25, 0.3) is 0 Å². The molecule has 114 valence electrons. The topological polar surface area (TPSA) is 66.5 Å². The fraction of sp³-hybridized carbons (Fsp3) is 0.400. The number of hydrogen-bond donors (Lipinski definition) is 1. The fourth-order valence-corrected chi connectivity index (χ4v) is 2.45. The molecular weight excluding hydrogens is 288 g/mol. The lowest BCUT2D eigenvalue weighted by Crippen LogP contribution is -2.47. The second-order valence-corrected chi connectivity index (χ2v) is 5.74. The smallest absolute Gasteiger partial charge is 0.250 e. The van der Waals surface area contributed by atoms with Crippen molar-refractivity contribution in [3.8, 4) is 0 Å². The Morgan fingerprint density at radius 2 is 1.95 bits per heavy atom. The molecule has 1 atom stereocenters. The molecule has 0 aliphatic carbocycles. The third-order valence-electron chi connectivity index (χ3n) is 2.88. The summed E-state index contributed by atoms with van der Waals surface area (Å²) in [5, 5.41) is 2.57. The van der Waals surface area contributed by atoms with Crippen molar-refractivity contribution in [2.24, 2.45) is 5.92 Å². The first-order chi connectivity index (χ1) is 10.1. The second-order valence-electron chi connectivity index (χ2n) is 4.96. The lowest BCUT2D eigenvalue weighted by molar-refractivity contribution is -0.123. The van der Waals surface area contributed by atoms with Gasteiger partial charge in [-0.1, -0.05) is 43.8 Å². The first-order valence-electron chi connectivity index (χ1n) is 6.71. The predicted molar refractivity (Wildman–Crippen MR) is 85.6 cm³/mol. The number of carbonyl (C=O) groups excluding carboxylic acids is 3. The minimum atomic E-state index is -0.588. The molecule has 1 aromatic rings. The average molecular weight is 308 g/mol. The van der Waals surface area contributed by atoms with Gasteiger partial charge in [0, 0.05) is 5.69 Å². The van der Waals surface area contributed by atoms with Crippen LogP contribution >= 0.6 is 11.8 Å². The first-order valence-corrected chi connectivity index (χ1v) is 7.76. The van der Waals surface area contributed by atoms with Crippen LogP contribution in [0.5, 0.6) is 0 Å². The normalized spacial score (nSPS) is 11.8. The number of hydrogen-bond acceptors (Lipinski definition) is 4. The van der Waals surface area contributed by atoms with Crippen LogP contribution in [0.4, 0.5) is 5.69 Å². The predicted octanol–water partition coefficient (Wildman–Crippen LogP) is 2.06. The summed E-state index contributed by atoms with van der Waals surface area (Å²) in [4.78, 5) is 35.5. The summed E-state index contributed by atoms with van der Waals surface area (Å²) in [6, 6.07) is 8.52. The van der Waals surface area contributed by atoms with Crippen molar-refractivity contribution in [3.63, 3.8) is 0 Å². The van der Waals surface area contributed by atoms with Crippen molar-refractivity contribution in [3.05, 3.63) is 30.3 Å². The lowest BCUT2D eigenvalue weighted by atomic mass is 10.0. The molecule has 0 aromatic heterocycles. The van der Waals surface area contributed by atoms with Crippen LogP contribution in [0.3, 0.4) is 0 Å². The molecule has 1 rings (SSSR count). The zero-order chi connectivity index (χ0) is 15.7. The van der Waals surface area contributed by atoms with E-state index in [2.05, 4.69) is 5.32 Å². The minimum absolute atomic E-state index is 0.212. The minimum Gasteiger partial charge on any atom is -0.347 e. The van der Waals surface area contributed by atoms with Gasteiger partial charge in [0.25, 0.3) is 0 Å². The van der Waals surface area contributed by atoms with Crippen LogP contribution < -0.4 is 10.2 Å². The van der Waals surface area contributed by atoms with E-state index >= 15 is 0 Å². The third-order valence-corrected chi connectivity index (χ3v) is 3.42. The largest absolute Gasteiger partial charge is 0.347 e. The van der Waals surface area contributed by atoms with Crippen molar-refractivity contribution in [2.45, 2.75) is 26.3 Å². The number of thioether (sulfide) groups is 1. The van der Waals surface area contributed by atoms with Crippen molar-refractivity contribution >= 4 is 35.4 Å². The number of benzene rings is 1. The Labute approximate surface area is 129 Å². The molecule has 0 bridgehead atoms. The molecule has 21 heavy (non-hydrogen) atoms. The molecular formula is C15H20N2O3S. The Hall–Kier alpha value is -1.82. The van der Waals surface area contributed by atoms with E-state index in [1.54, 1.807) is 12.1 Å². The number of rotatable bonds is 9. The summed E-state index contributed by atoms with van der Waals surface area (Å²) in [7, 11) is 0. The quantitative estimate of drug-likeness (QED) is 0.560. The molecule has 0 saturated heterocycles. The van der Waals surface area contributed by atoms with Gasteiger partial charge in [0.2, 0.25) is 12.3 Å². The number of anilines is 1. The molecule has 1 aromatic carbocycles. The van der Waals surface area contributed by atoms with Gasteiger partial charge in [0.05, 0.1) is 5.88 Å². The highest BCUT2D eigenvalue weighted by atomic mass is 32.2. The van der Waals surface area contributed by atoms with Crippen molar-refractivity contribution in [1.82, 2.24) is 5.32 Å². The summed E-state index contributed by atoms with van der Waals surface area (Å²) < 4.78 is 0. The van der Waals surface area contributed by atoms with Gasteiger partial charge in [-0.05, 0) is 24.5 Å². The average Bonchev–Trinajstić information content (AvgIpc) is 2.47. The number of amides is 2. The van der Waals surface area contributed by atoms with Gasteiger partial charge in [-0.15, -0.1) is 0 Å². The Balaban J connectivity index is 2.96. The highest BCUT2D eigenvalue weighted by Crippen LogP contribution is 2.19. The van der Waals surface area contributed by atoms with E-state index in [1.807, 2.05) is 32.0 Å². The SMILES string of the molecule is CC(C)CC(NC=O)C(=O)N(CSC=O)c1ccccc1. The molecule has 0 saturated carbocycles. The Morgan fingerprint density at radius 1 is 1.29 bits per heavy atom. The van der Waals surface area contributed by atoms with Gasteiger partial charge in [-0.2, -0.15) is 0 Å². The van der Waals surface area contributed by atoms with Gasteiger partial charge < -0.3 is 10.2 Å². The van der Waals surface area contributed by atoms with Gasteiger partial charge in [-0.3, -0.25) is 14.4 Å². The molecule has 2 amide bonds. The molecule has 0 heterocycles. The molecule has 5 nitrogen and oxygen atoms in total. The summed E-state index contributed by atoms with van der Waals surface area (Å²) in [5.74, 6) is 0.278. The molecule has 1 unspecified atom stereocenters. The summed E-state index contributed by atoms with van der Waals surface area (Å²) in [5.41, 5.74) is 1.41. The van der Waals surface area contributed by atoms with Crippen molar-refractivity contribution in [2.75, 3.05) is 10.8 Å². The Kier molecular flexibility index (Phi) is 7.53. The Morgan fingerprint density at radius 3 is 2.48 bits per heavy atom. The van der Waals surface area contributed by atoms with Crippen LogP contribution in [-0.4, -0.2) is 29.9 Å². The number of nitrogens with one attached hydrogen (secondary N) is 1. The van der Waals surface area contributed by atoms with Crippen molar-refractivity contribution in [1.29, 1.82) is 0 Å². The lowest BCUT2D eigenvalue weighted by Gasteiger charge is -2.27. The highest BCUT2D eigenvalue weighted by Gasteiger charge is 2.25. The van der Waals surface area contributed by atoms with Crippen LogP contribution in [0.15, 0.2) is 30.3 Å². The van der Waals surface area contributed by atoms with Crippen LogP contribution in [0, 0.1) is 5.92 Å². The zero-order valence-electron chi connectivity index (χ0n) is 12.2. The first kappa shape index (κ1) is 17.2. The molecule has 0 aliphatic heterocycles. The maximum absolute atomic E-state index is 12.7. The van der Waals surface area contributed by atoms with E-state index in [1.165, 1.54) is 4.90 Å². The number of carbonyl (C=O) groups is 3. The second kappa shape index (κ2) is 9.18. The number of nitrogens with zero attached hydrogens (tertiary/aromatic N) is 1. The summed E-state index contributed by atoms with van der Waals surface area (Å²) >= 11 is 1.00. The fourth-order valence-electron chi connectivity index (χ4n) is 1.96. The molecule has 0 radical (unpaired) electrons. The standard InChI is InChI=1S/C15H20N2O3S/c1-12(2)8-14(16-9-18)15(20)17(10-21-11-19)13-6-4-3-5-7-13/h3-7,9,11-12,14H,8,10H2,1-2H3,(H,16,18). The summed E-state index contributed by atoms with van der Waals surface area (Å²) in [6.45, 7) is 3.97. The van der Waals surface area contributed by atoms with E-state index in [0.717, 1.165) is 11.8 Å². The molecule has 1 N–H and O–H groups in total. The summed E-state index contributed by atoms with van der Waals surface area (Å²) in [6.07, 6.45) is 1.09. The number of para-hydroxylation sites is 1. The van der Waals surface area contributed by atoms with Crippen LogP contribution in [-0.2, 0) is 14.4 Å². The molecule has 0 aliphatic rings. The van der Waals surface area contributed by atoms with E-state index < -0.39 is 6.04 Å². The highest BCUT2D eigenvalue weighted by molar-refractivity contribution is 8.11. The van der Waals surface area contributed by atoms with Gasteiger partial charge in [0.1, 0.15) is 6.04 Å². The van der Waals surface area contributed by atoms with Crippen molar-refractivity contribution < 1.29 is 14.4 Å². The van der Waals surface area contributed by atoms with E-state index in [0.29, 0.717) is 24.1 Å². The molecule has 0 spiro atoms. The van der Waals surface area contributed by atoms with Crippen LogP contribution in [0.1, 0.15) is 20.3 Å². The van der Waals surface area contributed by atoms with E-state index in [4.69, 9.17) is 0 Å². The van der Waals surface area contributed by atoms with Gasteiger partial charge in [-0.25, -0.2) is 0 Å². The maximum atomic E-state index is 12.7. The maximum Gasteiger partial charge on any atom is 0.250 e. The third kappa shape index (κ3) is 5.59. The van der Waals surface area contributed by atoms with Gasteiger partial charge in [0.15, 0.2) is 5.62 Å². The zero-order valence-corrected chi connectivity index (χ0v) is 13.0. The van der Waals surface area contributed by atoms with Gasteiger partial charge >= 0.3 is 0 Å². The van der Waals surface area contributed by atoms with E-state index in [9.17, 15) is 14.4 Å². The monoisotopic (exact) mass is 308 g/mol. The Bertz CT molecular complexity index is 465. The van der Waals surface area contributed by atoms with E-state index in [-0.39, 0.29) is 17.7 Å². The van der Waals surface area contributed by atoms with Crippen LogP contribution in [0.2, 0.25) is 0 Å². The molecule has 0 fully saturated rings.